The number of rotatable bonds is 0. The summed E-state index contributed by atoms with van der Waals surface area (Å²) in [5, 5.41) is 11.2. The Morgan fingerprint density at radius 1 is 1.18 bits per heavy atom. The predicted octanol–water partition coefficient (Wildman–Crippen LogP) is 2.47. The molecule has 2 aromatic rings. The lowest BCUT2D eigenvalue weighted by Gasteiger charge is -2.18. The maximum Gasteiger partial charge on any atom is 0.205 e. The van der Waals surface area contributed by atoms with Gasteiger partial charge in [-0.1, -0.05) is 24.3 Å². The van der Waals surface area contributed by atoms with Crippen LogP contribution in [0.5, 0.6) is 5.75 Å². The van der Waals surface area contributed by atoms with Crippen LogP contribution in [0.4, 0.5) is 0 Å². The van der Waals surface area contributed by atoms with Crippen LogP contribution in [-0.4, -0.2) is 0 Å². The third kappa shape index (κ3) is 1.51. The summed E-state index contributed by atoms with van der Waals surface area (Å²) in [6, 6.07) is 14.1. The average molecular weight is 222 g/mol. The fourth-order valence-electron chi connectivity index (χ4n) is 2.05. The average Bonchev–Trinajstić information content (AvgIpc) is 2.35. The van der Waals surface area contributed by atoms with Gasteiger partial charge in [0.15, 0.2) is 0 Å². The van der Waals surface area contributed by atoms with Gasteiger partial charge >= 0.3 is 0 Å². The zero-order valence-electron chi connectivity index (χ0n) is 9.10. The zero-order valence-corrected chi connectivity index (χ0v) is 9.10. The van der Waals surface area contributed by atoms with Crippen LogP contribution in [-0.2, 0) is 6.42 Å². The number of nitriles is 1. The lowest BCUT2D eigenvalue weighted by molar-refractivity contribution is 0.400. The molecule has 0 radical (unpaired) electrons. The zero-order chi connectivity index (χ0) is 11.8. The first-order valence-electron chi connectivity index (χ1n) is 5.36. The summed E-state index contributed by atoms with van der Waals surface area (Å²) in [7, 11) is 0. The molecule has 3 nitrogen and oxygen atoms in total. The van der Waals surface area contributed by atoms with E-state index >= 15 is 0 Å². The highest BCUT2D eigenvalue weighted by atomic mass is 16.5. The highest BCUT2D eigenvalue weighted by Crippen LogP contribution is 2.32. The summed E-state index contributed by atoms with van der Waals surface area (Å²) >= 11 is 0. The standard InChI is InChI=1S/C14H10N2O/c15-8-12-6-11-5-9-3-1-2-4-10(9)7-13(11)17-14(12)16/h1-5,7H,6,16H2. The van der Waals surface area contributed by atoms with E-state index in [0.717, 1.165) is 22.1 Å². The summed E-state index contributed by atoms with van der Waals surface area (Å²) < 4.78 is 5.48. The van der Waals surface area contributed by atoms with Crippen molar-refractivity contribution in [2.24, 2.45) is 5.73 Å². The number of nitrogens with zero attached hydrogens (tertiary/aromatic N) is 1. The molecule has 1 aliphatic rings. The van der Waals surface area contributed by atoms with Crippen molar-refractivity contribution in [1.82, 2.24) is 0 Å². The van der Waals surface area contributed by atoms with Crippen LogP contribution in [0.3, 0.4) is 0 Å². The first kappa shape index (κ1) is 9.73. The minimum atomic E-state index is 0.218. The molecule has 0 amide bonds. The van der Waals surface area contributed by atoms with Crippen LogP contribution in [0.15, 0.2) is 47.9 Å². The van der Waals surface area contributed by atoms with Gasteiger partial charge in [0.25, 0.3) is 0 Å². The summed E-state index contributed by atoms with van der Waals surface area (Å²) in [5.41, 5.74) is 7.19. The van der Waals surface area contributed by atoms with Gasteiger partial charge in [0.2, 0.25) is 5.88 Å². The Kier molecular flexibility index (Phi) is 2.02. The van der Waals surface area contributed by atoms with E-state index in [1.807, 2.05) is 30.3 Å². The number of ether oxygens (including phenoxy) is 1. The van der Waals surface area contributed by atoms with E-state index in [0.29, 0.717) is 12.0 Å². The van der Waals surface area contributed by atoms with Crippen LogP contribution < -0.4 is 10.5 Å². The van der Waals surface area contributed by atoms with Crippen LogP contribution in [0.25, 0.3) is 10.8 Å². The smallest absolute Gasteiger partial charge is 0.205 e. The number of nitrogens with two attached hydrogens (primary N) is 1. The van der Waals surface area contributed by atoms with E-state index in [2.05, 4.69) is 12.1 Å². The second-order valence-electron chi connectivity index (χ2n) is 4.04. The Labute approximate surface area is 98.7 Å². The van der Waals surface area contributed by atoms with E-state index in [-0.39, 0.29) is 5.88 Å². The molecule has 0 bridgehead atoms. The van der Waals surface area contributed by atoms with Gasteiger partial charge in [0, 0.05) is 12.0 Å². The first-order chi connectivity index (χ1) is 8.28. The van der Waals surface area contributed by atoms with Crippen molar-refractivity contribution in [3.05, 3.63) is 53.4 Å². The maximum absolute atomic E-state index is 8.93. The molecule has 0 saturated heterocycles. The molecule has 2 aromatic carbocycles. The minimum Gasteiger partial charge on any atom is -0.440 e. The van der Waals surface area contributed by atoms with Crippen molar-refractivity contribution in [2.75, 3.05) is 0 Å². The summed E-state index contributed by atoms with van der Waals surface area (Å²) in [4.78, 5) is 0. The molecular formula is C14H10N2O. The van der Waals surface area contributed by atoms with Crippen molar-refractivity contribution in [3.63, 3.8) is 0 Å². The van der Waals surface area contributed by atoms with Crippen molar-refractivity contribution < 1.29 is 4.74 Å². The quantitative estimate of drug-likeness (QED) is 0.744. The lowest BCUT2D eigenvalue weighted by atomic mass is 9.99. The second-order valence-corrected chi connectivity index (χ2v) is 4.04. The third-order valence-corrected chi connectivity index (χ3v) is 2.95. The monoisotopic (exact) mass is 222 g/mol. The molecule has 0 aliphatic carbocycles. The molecule has 0 fully saturated rings. The molecular weight excluding hydrogens is 212 g/mol. The number of fused-ring (bicyclic) bond motifs is 2. The lowest BCUT2D eigenvalue weighted by Crippen LogP contribution is -2.16. The van der Waals surface area contributed by atoms with Crippen molar-refractivity contribution >= 4 is 10.8 Å². The van der Waals surface area contributed by atoms with Gasteiger partial charge in [0.05, 0.1) is 5.57 Å². The van der Waals surface area contributed by atoms with Crippen LogP contribution >= 0.6 is 0 Å². The van der Waals surface area contributed by atoms with E-state index < -0.39 is 0 Å². The third-order valence-electron chi connectivity index (χ3n) is 2.95. The summed E-state index contributed by atoms with van der Waals surface area (Å²) in [6.07, 6.45) is 0.544. The van der Waals surface area contributed by atoms with Gasteiger partial charge < -0.3 is 10.5 Å². The van der Waals surface area contributed by atoms with E-state index in [1.165, 1.54) is 0 Å². The molecule has 0 aromatic heterocycles. The Balaban J connectivity index is 2.19. The minimum absolute atomic E-state index is 0.218. The largest absolute Gasteiger partial charge is 0.440 e. The predicted molar refractivity (Wildman–Crippen MR) is 65.1 cm³/mol. The second kappa shape index (κ2) is 3.53. The van der Waals surface area contributed by atoms with E-state index in [1.54, 1.807) is 0 Å². The summed E-state index contributed by atoms with van der Waals surface area (Å²) in [5.74, 6) is 0.968. The van der Waals surface area contributed by atoms with Gasteiger partial charge in [-0.15, -0.1) is 0 Å². The van der Waals surface area contributed by atoms with Crippen molar-refractivity contribution in [3.8, 4) is 11.8 Å². The van der Waals surface area contributed by atoms with Crippen LogP contribution in [0.2, 0.25) is 0 Å². The van der Waals surface area contributed by atoms with Gasteiger partial charge in [-0.05, 0) is 22.9 Å². The molecule has 1 aliphatic heterocycles. The molecule has 17 heavy (non-hydrogen) atoms. The van der Waals surface area contributed by atoms with Gasteiger partial charge in [-0.25, -0.2) is 0 Å². The highest BCUT2D eigenvalue weighted by Gasteiger charge is 2.18. The molecule has 1 heterocycles. The molecule has 3 heteroatoms. The molecule has 3 rings (SSSR count). The van der Waals surface area contributed by atoms with Gasteiger partial charge in [0.1, 0.15) is 11.8 Å². The molecule has 0 unspecified atom stereocenters. The normalized spacial score (nSPS) is 14.1. The number of hydrogen-bond donors (Lipinski definition) is 1. The Morgan fingerprint density at radius 2 is 1.88 bits per heavy atom. The maximum atomic E-state index is 8.93. The first-order valence-corrected chi connectivity index (χ1v) is 5.36. The number of benzene rings is 2. The van der Waals surface area contributed by atoms with Gasteiger partial charge in [-0.2, -0.15) is 5.26 Å². The van der Waals surface area contributed by atoms with Gasteiger partial charge in [-0.3, -0.25) is 0 Å². The summed E-state index contributed by atoms with van der Waals surface area (Å²) in [6.45, 7) is 0. The highest BCUT2D eigenvalue weighted by molar-refractivity contribution is 5.85. The SMILES string of the molecule is N#CC1=C(N)Oc2cc3ccccc3cc2C1. The Morgan fingerprint density at radius 3 is 2.59 bits per heavy atom. The fraction of sp³-hybridized carbons (Fsp3) is 0.0714. The topological polar surface area (TPSA) is 59.0 Å². The van der Waals surface area contributed by atoms with Crippen LogP contribution in [0, 0.1) is 11.3 Å². The van der Waals surface area contributed by atoms with E-state index in [4.69, 9.17) is 15.7 Å². The molecule has 0 spiro atoms. The molecule has 0 saturated carbocycles. The number of allylic oxidation sites excluding steroid dienone is 1. The van der Waals surface area contributed by atoms with Crippen molar-refractivity contribution in [1.29, 1.82) is 5.26 Å². The Bertz CT molecular complexity index is 680. The van der Waals surface area contributed by atoms with Crippen LogP contribution in [0.1, 0.15) is 5.56 Å². The van der Waals surface area contributed by atoms with Crippen molar-refractivity contribution in [2.45, 2.75) is 6.42 Å². The molecule has 2 N–H and O–H groups in total. The molecule has 82 valence electrons. The fourth-order valence-corrected chi connectivity index (χ4v) is 2.05. The van der Waals surface area contributed by atoms with E-state index in [9.17, 15) is 0 Å². The Hall–Kier alpha value is -2.47. The molecule has 0 atom stereocenters. The number of hydrogen-bond acceptors (Lipinski definition) is 3.